The summed E-state index contributed by atoms with van der Waals surface area (Å²) in [6.45, 7) is 7.85. The van der Waals surface area contributed by atoms with Gasteiger partial charge in [0.15, 0.2) is 0 Å². The van der Waals surface area contributed by atoms with Gasteiger partial charge in [-0.05, 0) is 29.7 Å². The van der Waals surface area contributed by atoms with Crippen LogP contribution in [0.15, 0.2) is 48.5 Å². The minimum atomic E-state index is -0.405. The number of hydrogen-bond acceptors (Lipinski definition) is 1. The van der Waals surface area contributed by atoms with Crippen LogP contribution in [0.25, 0.3) is 0 Å². The lowest BCUT2D eigenvalue weighted by molar-refractivity contribution is -0.126. The first-order valence-electron chi connectivity index (χ1n) is 7.16. The number of halogens is 1. The summed E-state index contributed by atoms with van der Waals surface area (Å²) in [7, 11) is 0. The molecule has 0 aliphatic rings. The van der Waals surface area contributed by atoms with Crippen LogP contribution >= 0.6 is 11.6 Å². The largest absolute Gasteiger partial charge is 0.298 e. The van der Waals surface area contributed by atoms with E-state index in [1.165, 1.54) is 0 Å². The third kappa shape index (κ3) is 3.54. The molecule has 0 saturated heterocycles. The molecule has 2 rings (SSSR count). The van der Waals surface area contributed by atoms with Crippen LogP contribution in [-0.4, -0.2) is 5.78 Å². The molecule has 0 saturated carbocycles. The average Bonchev–Trinajstić information content (AvgIpc) is 2.43. The Bertz CT molecular complexity index is 638. The van der Waals surface area contributed by atoms with Crippen molar-refractivity contribution >= 4 is 17.4 Å². The Kier molecular flexibility index (Phi) is 4.53. The van der Waals surface area contributed by atoms with E-state index in [9.17, 15) is 4.79 Å². The normalized spacial score (nSPS) is 13.0. The van der Waals surface area contributed by atoms with Crippen molar-refractivity contribution in [3.05, 3.63) is 70.2 Å². The number of aryl methyl sites for hydroxylation is 1. The highest BCUT2D eigenvalue weighted by molar-refractivity contribution is 6.31. The van der Waals surface area contributed by atoms with Crippen molar-refractivity contribution in [2.24, 2.45) is 5.41 Å². The molecule has 21 heavy (non-hydrogen) atoms. The van der Waals surface area contributed by atoms with Crippen LogP contribution in [0.5, 0.6) is 0 Å². The van der Waals surface area contributed by atoms with Crippen molar-refractivity contribution in [3.63, 3.8) is 0 Å². The molecule has 1 unspecified atom stereocenters. The third-order valence-corrected chi connectivity index (χ3v) is 4.07. The molecule has 1 nitrogen and oxygen atoms in total. The van der Waals surface area contributed by atoms with E-state index in [1.54, 1.807) is 0 Å². The fourth-order valence-corrected chi connectivity index (χ4v) is 2.55. The van der Waals surface area contributed by atoms with Gasteiger partial charge >= 0.3 is 0 Å². The predicted molar refractivity (Wildman–Crippen MR) is 88.9 cm³/mol. The van der Waals surface area contributed by atoms with Crippen molar-refractivity contribution in [1.82, 2.24) is 0 Å². The second-order valence-corrected chi connectivity index (χ2v) is 6.87. The Labute approximate surface area is 132 Å². The first-order valence-corrected chi connectivity index (χ1v) is 7.54. The molecule has 0 spiro atoms. The molecule has 0 bridgehead atoms. The first kappa shape index (κ1) is 15.8. The Morgan fingerprint density at radius 3 is 2.14 bits per heavy atom. The lowest BCUT2D eigenvalue weighted by Crippen LogP contribution is -2.27. The number of ketones is 1. The van der Waals surface area contributed by atoms with Crippen LogP contribution in [0.4, 0.5) is 0 Å². The van der Waals surface area contributed by atoms with Crippen LogP contribution in [0, 0.1) is 12.3 Å². The van der Waals surface area contributed by atoms with E-state index in [1.807, 2.05) is 76.2 Å². The molecule has 0 heterocycles. The van der Waals surface area contributed by atoms with E-state index in [4.69, 9.17) is 11.6 Å². The van der Waals surface area contributed by atoms with Gasteiger partial charge in [-0.3, -0.25) is 4.79 Å². The highest BCUT2D eigenvalue weighted by atomic mass is 35.5. The average molecular weight is 301 g/mol. The molecule has 0 N–H and O–H groups in total. The zero-order chi connectivity index (χ0) is 15.6. The number of rotatable bonds is 3. The molecule has 0 aromatic heterocycles. The fraction of sp³-hybridized carbons (Fsp3) is 0.316. The molecule has 0 fully saturated rings. The standard InChI is InChI=1S/C19H21ClO/c1-13-10-11-15(12-16(13)20)17(18(21)19(2,3)4)14-8-6-5-7-9-14/h5-12,17H,1-4H3. The highest BCUT2D eigenvalue weighted by Gasteiger charge is 2.32. The van der Waals surface area contributed by atoms with E-state index in [0.717, 1.165) is 16.7 Å². The van der Waals surface area contributed by atoms with Crippen molar-refractivity contribution in [2.75, 3.05) is 0 Å². The summed E-state index contributed by atoms with van der Waals surface area (Å²) in [4.78, 5) is 12.9. The summed E-state index contributed by atoms with van der Waals surface area (Å²) >= 11 is 6.25. The second-order valence-electron chi connectivity index (χ2n) is 6.47. The molecular weight excluding hydrogens is 280 g/mol. The van der Waals surface area contributed by atoms with Gasteiger partial charge in [-0.15, -0.1) is 0 Å². The number of benzene rings is 2. The minimum absolute atomic E-state index is 0.202. The SMILES string of the molecule is Cc1ccc(C(C(=O)C(C)(C)C)c2ccccc2)cc1Cl. The summed E-state index contributed by atoms with van der Waals surface area (Å²) in [5.41, 5.74) is 2.59. The maximum absolute atomic E-state index is 12.9. The van der Waals surface area contributed by atoms with Crippen LogP contribution in [0.3, 0.4) is 0 Å². The van der Waals surface area contributed by atoms with E-state index in [0.29, 0.717) is 5.02 Å². The zero-order valence-corrected chi connectivity index (χ0v) is 13.7. The van der Waals surface area contributed by atoms with Crippen molar-refractivity contribution in [2.45, 2.75) is 33.6 Å². The third-order valence-electron chi connectivity index (χ3n) is 3.66. The maximum Gasteiger partial charge on any atom is 0.150 e. The number of carbonyl (C=O) groups is 1. The molecule has 0 aliphatic heterocycles. The summed E-state index contributed by atoms with van der Waals surface area (Å²) in [6, 6.07) is 15.8. The van der Waals surface area contributed by atoms with Crippen LogP contribution in [0.2, 0.25) is 5.02 Å². The zero-order valence-electron chi connectivity index (χ0n) is 13.0. The molecule has 2 aromatic rings. The lowest BCUT2D eigenvalue weighted by Gasteiger charge is -2.25. The summed E-state index contributed by atoms with van der Waals surface area (Å²) in [5, 5.41) is 0.704. The summed E-state index contributed by atoms with van der Waals surface area (Å²) in [5.74, 6) is -0.0714. The van der Waals surface area contributed by atoms with Crippen molar-refractivity contribution in [1.29, 1.82) is 0 Å². The minimum Gasteiger partial charge on any atom is -0.298 e. The quantitative estimate of drug-likeness (QED) is 0.742. The van der Waals surface area contributed by atoms with Crippen molar-refractivity contribution in [3.8, 4) is 0 Å². The summed E-state index contributed by atoms with van der Waals surface area (Å²) in [6.07, 6.45) is 0. The Hall–Kier alpha value is -1.60. The molecule has 0 radical (unpaired) electrons. The van der Waals surface area contributed by atoms with Gasteiger partial charge in [-0.25, -0.2) is 0 Å². The molecule has 2 heteroatoms. The Morgan fingerprint density at radius 2 is 1.62 bits per heavy atom. The lowest BCUT2D eigenvalue weighted by atomic mass is 9.76. The smallest absolute Gasteiger partial charge is 0.150 e. The van der Waals surface area contributed by atoms with Gasteiger partial charge in [0.05, 0.1) is 5.92 Å². The second kappa shape index (κ2) is 6.03. The monoisotopic (exact) mass is 300 g/mol. The molecule has 0 amide bonds. The van der Waals surface area contributed by atoms with E-state index < -0.39 is 5.41 Å². The van der Waals surface area contributed by atoms with Gasteiger partial charge in [0, 0.05) is 10.4 Å². The molecular formula is C19H21ClO. The van der Waals surface area contributed by atoms with E-state index in [2.05, 4.69) is 0 Å². The van der Waals surface area contributed by atoms with Crippen LogP contribution < -0.4 is 0 Å². The van der Waals surface area contributed by atoms with Gasteiger partial charge in [0.25, 0.3) is 0 Å². The molecule has 110 valence electrons. The predicted octanol–water partition coefficient (Wildman–Crippen LogP) is 5.40. The number of carbonyl (C=O) groups excluding carboxylic acids is 1. The van der Waals surface area contributed by atoms with Gasteiger partial charge in [-0.2, -0.15) is 0 Å². The maximum atomic E-state index is 12.9. The fourth-order valence-electron chi connectivity index (χ4n) is 2.36. The summed E-state index contributed by atoms with van der Waals surface area (Å²) < 4.78 is 0. The van der Waals surface area contributed by atoms with Gasteiger partial charge in [-0.1, -0.05) is 74.8 Å². The Morgan fingerprint density at radius 1 is 1.00 bits per heavy atom. The van der Waals surface area contributed by atoms with Gasteiger partial charge in [0.1, 0.15) is 5.78 Å². The topological polar surface area (TPSA) is 17.1 Å². The highest BCUT2D eigenvalue weighted by Crippen LogP contribution is 2.34. The van der Waals surface area contributed by atoms with Crippen LogP contribution in [-0.2, 0) is 4.79 Å². The molecule has 1 atom stereocenters. The number of Topliss-reactive ketones (excluding diaryl/α,β-unsaturated/α-hetero) is 1. The Balaban J connectivity index is 2.56. The van der Waals surface area contributed by atoms with Gasteiger partial charge in [0.2, 0.25) is 0 Å². The molecule has 0 aliphatic carbocycles. The molecule has 2 aromatic carbocycles. The van der Waals surface area contributed by atoms with Crippen molar-refractivity contribution < 1.29 is 4.79 Å². The van der Waals surface area contributed by atoms with Crippen LogP contribution in [0.1, 0.15) is 43.4 Å². The first-order chi connectivity index (χ1) is 9.80. The number of hydrogen-bond donors (Lipinski definition) is 0. The van der Waals surface area contributed by atoms with Gasteiger partial charge < -0.3 is 0 Å². The van der Waals surface area contributed by atoms with E-state index >= 15 is 0 Å². The van der Waals surface area contributed by atoms with E-state index in [-0.39, 0.29) is 11.7 Å².